The first-order valence-electron chi connectivity index (χ1n) is 6.50. The molecule has 0 amide bonds. The number of hydrogen-bond donors (Lipinski definition) is 2. The van der Waals surface area contributed by atoms with Gasteiger partial charge in [-0.25, -0.2) is 0 Å². The molecule has 0 rings (SSSR count). The maximum absolute atomic E-state index is 3.42. The van der Waals surface area contributed by atoms with E-state index >= 15 is 0 Å². The predicted molar refractivity (Wildman–Crippen MR) is 68.7 cm³/mol. The highest BCUT2D eigenvalue weighted by Gasteiger charge is 2.25. The molecule has 2 heteroatoms. The lowest BCUT2D eigenvalue weighted by Crippen LogP contribution is -2.47. The van der Waals surface area contributed by atoms with Crippen molar-refractivity contribution in [3.8, 4) is 0 Å². The normalized spacial score (nSPS) is 19.6. The highest BCUT2D eigenvalue weighted by atomic mass is 15.4. The van der Waals surface area contributed by atoms with E-state index in [2.05, 4.69) is 45.5 Å². The minimum Gasteiger partial charge on any atom is -0.261 e. The third-order valence-corrected chi connectivity index (χ3v) is 3.78. The van der Waals surface area contributed by atoms with Crippen molar-refractivity contribution in [2.75, 3.05) is 7.05 Å². The number of hydrazine groups is 1. The van der Waals surface area contributed by atoms with Crippen LogP contribution in [0.3, 0.4) is 0 Å². The summed E-state index contributed by atoms with van der Waals surface area (Å²) in [7, 11) is 1.96. The summed E-state index contributed by atoms with van der Waals surface area (Å²) in [6.07, 6.45) is 3.86. The number of nitrogens with one attached hydrogen (secondary N) is 2. The van der Waals surface area contributed by atoms with E-state index in [0.717, 1.165) is 17.8 Å². The van der Waals surface area contributed by atoms with Crippen LogP contribution in [0.2, 0.25) is 0 Å². The maximum Gasteiger partial charge on any atom is 0.0266 e. The second-order valence-corrected chi connectivity index (χ2v) is 4.93. The van der Waals surface area contributed by atoms with Crippen molar-refractivity contribution >= 4 is 0 Å². The lowest BCUT2D eigenvalue weighted by atomic mass is 9.80. The zero-order chi connectivity index (χ0) is 11.8. The highest BCUT2D eigenvalue weighted by Crippen LogP contribution is 2.25. The lowest BCUT2D eigenvalue weighted by molar-refractivity contribution is 0.198. The second kappa shape index (κ2) is 8.12. The fraction of sp³-hybridized carbons (Fsp3) is 1.00. The molecule has 2 N–H and O–H groups in total. The third-order valence-electron chi connectivity index (χ3n) is 3.78. The van der Waals surface area contributed by atoms with Gasteiger partial charge in [-0.1, -0.05) is 53.9 Å². The molecule has 15 heavy (non-hydrogen) atoms. The van der Waals surface area contributed by atoms with Crippen LogP contribution < -0.4 is 10.9 Å². The van der Waals surface area contributed by atoms with Gasteiger partial charge in [-0.3, -0.25) is 10.9 Å². The van der Waals surface area contributed by atoms with Gasteiger partial charge in [0.05, 0.1) is 0 Å². The molecule has 0 aliphatic carbocycles. The Morgan fingerprint density at radius 2 is 1.60 bits per heavy atom. The van der Waals surface area contributed by atoms with Crippen LogP contribution in [0.1, 0.15) is 53.9 Å². The minimum absolute atomic E-state index is 0.585. The van der Waals surface area contributed by atoms with E-state index < -0.39 is 0 Å². The standard InChI is InChI=1S/C13H30N2/c1-7-9-11(4)12(5)13(15-14-6)10(3)8-2/h10-15H,7-9H2,1-6H3/t10?,11?,12-,13?/m1/s1. The summed E-state index contributed by atoms with van der Waals surface area (Å²) in [5, 5.41) is 0. The van der Waals surface area contributed by atoms with Crippen LogP contribution in [0.5, 0.6) is 0 Å². The number of rotatable bonds is 8. The average molecular weight is 214 g/mol. The average Bonchev–Trinajstić information content (AvgIpc) is 2.24. The molecule has 0 aromatic heterocycles. The van der Waals surface area contributed by atoms with Crippen LogP contribution in [-0.2, 0) is 0 Å². The van der Waals surface area contributed by atoms with Crippen LogP contribution in [-0.4, -0.2) is 13.1 Å². The van der Waals surface area contributed by atoms with Gasteiger partial charge in [0.15, 0.2) is 0 Å². The molecule has 0 aromatic rings. The Balaban J connectivity index is 4.32. The van der Waals surface area contributed by atoms with E-state index in [9.17, 15) is 0 Å². The Bertz CT molecular complexity index is 147. The lowest BCUT2D eigenvalue weighted by Gasteiger charge is -2.33. The van der Waals surface area contributed by atoms with Crippen LogP contribution in [0.4, 0.5) is 0 Å². The Hall–Kier alpha value is -0.0800. The maximum atomic E-state index is 3.42. The van der Waals surface area contributed by atoms with Gasteiger partial charge in [0.25, 0.3) is 0 Å². The Morgan fingerprint density at radius 3 is 2.00 bits per heavy atom. The molecular weight excluding hydrogens is 184 g/mol. The SMILES string of the molecule is CCCC(C)[C@@H](C)C(NNC)C(C)CC. The molecule has 2 nitrogen and oxygen atoms in total. The van der Waals surface area contributed by atoms with E-state index in [-0.39, 0.29) is 0 Å². The highest BCUT2D eigenvalue weighted by molar-refractivity contribution is 4.79. The first kappa shape index (κ1) is 14.9. The summed E-state index contributed by atoms with van der Waals surface area (Å²) in [5.41, 5.74) is 6.53. The molecule has 0 radical (unpaired) electrons. The van der Waals surface area contributed by atoms with Crippen LogP contribution in [0.15, 0.2) is 0 Å². The van der Waals surface area contributed by atoms with Crippen molar-refractivity contribution in [3.05, 3.63) is 0 Å². The summed E-state index contributed by atoms with van der Waals surface area (Å²) in [4.78, 5) is 0. The zero-order valence-corrected chi connectivity index (χ0v) is 11.4. The molecule has 0 saturated carbocycles. The summed E-state index contributed by atoms with van der Waals surface area (Å²) >= 11 is 0. The van der Waals surface area contributed by atoms with Crippen LogP contribution in [0.25, 0.3) is 0 Å². The third kappa shape index (κ3) is 4.98. The molecule has 0 spiro atoms. The molecule has 0 aliphatic rings. The molecule has 0 aromatic carbocycles. The van der Waals surface area contributed by atoms with Crippen molar-refractivity contribution in [3.63, 3.8) is 0 Å². The monoisotopic (exact) mass is 214 g/mol. The van der Waals surface area contributed by atoms with Crippen molar-refractivity contribution in [1.29, 1.82) is 0 Å². The van der Waals surface area contributed by atoms with E-state index in [0.29, 0.717) is 6.04 Å². The van der Waals surface area contributed by atoms with Crippen molar-refractivity contribution < 1.29 is 0 Å². The molecule has 0 saturated heterocycles. The zero-order valence-electron chi connectivity index (χ0n) is 11.4. The van der Waals surface area contributed by atoms with Gasteiger partial charge in [-0.15, -0.1) is 0 Å². The summed E-state index contributed by atoms with van der Waals surface area (Å²) in [6, 6.07) is 0.585. The van der Waals surface area contributed by atoms with Crippen molar-refractivity contribution in [1.82, 2.24) is 10.9 Å². The van der Waals surface area contributed by atoms with E-state index in [1.165, 1.54) is 19.3 Å². The van der Waals surface area contributed by atoms with E-state index in [1.54, 1.807) is 0 Å². The molecule has 0 fully saturated rings. The van der Waals surface area contributed by atoms with Crippen molar-refractivity contribution in [2.24, 2.45) is 17.8 Å². The molecule has 0 heterocycles. The fourth-order valence-corrected chi connectivity index (χ4v) is 2.28. The molecule has 4 atom stereocenters. The molecular formula is C13H30N2. The van der Waals surface area contributed by atoms with Crippen LogP contribution >= 0.6 is 0 Å². The van der Waals surface area contributed by atoms with Gasteiger partial charge in [0.2, 0.25) is 0 Å². The predicted octanol–water partition coefficient (Wildman–Crippen LogP) is 3.20. The van der Waals surface area contributed by atoms with E-state index in [1.807, 2.05) is 7.05 Å². The topological polar surface area (TPSA) is 24.1 Å². The summed E-state index contributed by atoms with van der Waals surface area (Å²) < 4.78 is 0. The summed E-state index contributed by atoms with van der Waals surface area (Å²) in [6.45, 7) is 11.6. The molecule has 92 valence electrons. The van der Waals surface area contributed by atoms with Crippen LogP contribution in [0, 0.1) is 17.8 Å². The van der Waals surface area contributed by atoms with Crippen molar-refractivity contribution in [2.45, 2.75) is 59.9 Å². The minimum atomic E-state index is 0.585. The number of hydrogen-bond acceptors (Lipinski definition) is 2. The molecule has 0 bridgehead atoms. The Kier molecular flexibility index (Phi) is 8.07. The largest absolute Gasteiger partial charge is 0.261 e. The molecule has 0 aliphatic heterocycles. The van der Waals surface area contributed by atoms with Gasteiger partial charge in [0, 0.05) is 6.04 Å². The second-order valence-electron chi connectivity index (χ2n) is 4.93. The van der Waals surface area contributed by atoms with Gasteiger partial charge >= 0.3 is 0 Å². The van der Waals surface area contributed by atoms with Gasteiger partial charge in [-0.2, -0.15) is 0 Å². The van der Waals surface area contributed by atoms with Gasteiger partial charge < -0.3 is 0 Å². The Morgan fingerprint density at radius 1 is 1.00 bits per heavy atom. The molecule has 3 unspecified atom stereocenters. The first-order valence-corrected chi connectivity index (χ1v) is 6.50. The van der Waals surface area contributed by atoms with Gasteiger partial charge in [-0.05, 0) is 24.8 Å². The Labute approximate surface area is 96.2 Å². The van der Waals surface area contributed by atoms with Gasteiger partial charge in [0.1, 0.15) is 0 Å². The van der Waals surface area contributed by atoms with E-state index in [4.69, 9.17) is 0 Å². The quantitative estimate of drug-likeness (QED) is 0.606. The first-order chi connectivity index (χ1) is 7.08. The summed E-state index contributed by atoms with van der Waals surface area (Å²) in [5.74, 6) is 2.26. The fourth-order valence-electron chi connectivity index (χ4n) is 2.28. The smallest absolute Gasteiger partial charge is 0.0266 e.